The molecule has 1 aromatic carbocycles. The number of hydrogen-bond acceptors (Lipinski definition) is 2. The van der Waals surface area contributed by atoms with Crippen molar-refractivity contribution in [3.63, 3.8) is 0 Å². The lowest BCUT2D eigenvalue weighted by Crippen LogP contribution is -2.21. The van der Waals surface area contributed by atoms with Gasteiger partial charge in [0.1, 0.15) is 6.29 Å². The van der Waals surface area contributed by atoms with Crippen molar-refractivity contribution >= 4 is 12.0 Å². The largest absolute Gasteiger partial charge is 0.416 e. The van der Waals surface area contributed by atoms with Gasteiger partial charge < -0.3 is 9.69 Å². The number of hydrogen-bond donors (Lipinski definition) is 0. The van der Waals surface area contributed by atoms with Crippen LogP contribution in [0.25, 0.3) is 0 Å². The van der Waals surface area contributed by atoms with Crippen LogP contribution in [0.15, 0.2) is 18.2 Å². The maximum atomic E-state index is 13.0. The molecule has 0 aromatic heterocycles. The number of fused-ring (bicyclic) bond motifs is 1. The van der Waals surface area contributed by atoms with Crippen molar-refractivity contribution in [2.45, 2.75) is 25.4 Å². The zero-order valence-electron chi connectivity index (χ0n) is 10.00. The summed E-state index contributed by atoms with van der Waals surface area (Å²) in [5, 5.41) is 0. The monoisotopic (exact) mass is 257 g/mol. The lowest BCUT2D eigenvalue weighted by Gasteiger charge is -2.17. The van der Waals surface area contributed by atoms with Crippen LogP contribution in [0.3, 0.4) is 0 Å². The van der Waals surface area contributed by atoms with Gasteiger partial charge in [-0.25, -0.2) is 0 Å². The van der Waals surface area contributed by atoms with E-state index in [4.69, 9.17) is 0 Å². The van der Waals surface area contributed by atoms with Crippen molar-refractivity contribution in [2.24, 2.45) is 0 Å². The van der Waals surface area contributed by atoms with E-state index in [0.717, 1.165) is 6.07 Å². The number of likely N-dealkylation sites (N-methyl/N-ethyl adjacent to an activating group) is 1. The van der Waals surface area contributed by atoms with Gasteiger partial charge in [-0.15, -0.1) is 0 Å². The number of nitrogens with zero attached hydrogens (tertiary/aromatic N) is 1. The molecule has 0 N–H and O–H groups in total. The molecule has 0 radical (unpaired) electrons. The number of anilines is 1. The zero-order chi connectivity index (χ0) is 13.3. The van der Waals surface area contributed by atoms with E-state index in [2.05, 4.69) is 0 Å². The van der Waals surface area contributed by atoms with Crippen molar-refractivity contribution in [1.82, 2.24) is 0 Å². The molecule has 0 spiro atoms. The van der Waals surface area contributed by atoms with Crippen molar-refractivity contribution in [2.75, 3.05) is 18.0 Å². The van der Waals surface area contributed by atoms with Gasteiger partial charge >= 0.3 is 6.18 Å². The quantitative estimate of drug-likeness (QED) is 0.775. The van der Waals surface area contributed by atoms with Crippen LogP contribution in [0.4, 0.5) is 18.9 Å². The van der Waals surface area contributed by atoms with Crippen LogP contribution >= 0.6 is 0 Å². The lowest BCUT2D eigenvalue weighted by atomic mass is 9.93. The molecule has 0 fully saturated rings. The Labute approximate surface area is 103 Å². The van der Waals surface area contributed by atoms with Crippen molar-refractivity contribution in [3.8, 4) is 0 Å². The third-order valence-corrected chi connectivity index (χ3v) is 3.34. The van der Waals surface area contributed by atoms with E-state index >= 15 is 0 Å². The fourth-order valence-electron chi connectivity index (χ4n) is 2.57. The maximum absolute atomic E-state index is 13.0. The highest BCUT2D eigenvalue weighted by Gasteiger charge is 2.39. The Morgan fingerprint density at radius 3 is 2.72 bits per heavy atom. The van der Waals surface area contributed by atoms with Crippen LogP contribution in [0.5, 0.6) is 0 Å². The number of rotatable bonds is 3. The molecular weight excluding hydrogens is 243 g/mol. The van der Waals surface area contributed by atoms with Gasteiger partial charge in [-0.3, -0.25) is 0 Å². The second-order valence-corrected chi connectivity index (χ2v) is 4.37. The molecule has 0 saturated heterocycles. The summed E-state index contributed by atoms with van der Waals surface area (Å²) in [5.41, 5.74) is 0.279. The van der Waals surface area contributed by atoms with Gasteiger partial charge in [0.2, 0.25) is 0 Å². The molecule has 1 unspecified atom stereocenters. The van der Waals surface area contributed by atoms with Crippen LogP contribution in [0.1, 0.15) is 30.4 Å². The molecule has 98 valence electrons. The van der Waals surface area contributed by atoms with Gasteiger partial charge in [0.05, 0.1) is 5.56 Å². The Morgan fingerprint density at radius 2 is 2.17 bits per heavy atom. The van der Waals surface area contributed by atoms with Gasteiger partial charge in [0.15, 0.2) is 0 Å². The van der Waals surface area contributed by atoms with Crippen molar-refractivity contribution in [3.05, 3.63) is 29.3 Å². The molecule has 2 rings (SSSR count). The molecule has 18 heavy (non-hydrogen) atoms. The predicted molar refractivity (Wildman–Crippen MR) is 62.8 cm³/mol. The molecule has 0 aliphatic carbocycles. The molecule has 0 amide bonds. The zero-order valence-corrected chi connectivity index (χ0v) is 10.00. The molecule has 0 bridgehead atoms. The van der Waals surface area contributed by atoms with E-state index in [0.29, 0.717) is 25.1 Å². The second kappa shape index (κ2) is 4.63. The first kappa shape index (κ1) is 12.9. The first-order chi connectivity index (χ1) is 8.49. The number of carbonyl (C=O) groups is 1. The van der Waals surface area contributed by atoms with Gasteiger partial charge in [0.25, 0.3) is 0 Å². The summed E-state index contributed by atoms with van der Waals surface area (Å²) in [6.45, 7) is 3.02. The summed E-state index contributed by atoms with van der Waals surface area (Å²) in [7, 11) is 0. The Bertz CT molecular complexity index is 456. The average molecular weight is 257 g/mol. The van der Waals surface area contributed by atoms with E-state index in [1.165, 1.54) is 6.07 Å². The minimum absolute atomic E-state index is 0.136. The predicted octanol–water partition coefficient (Wildman–Crippen LogP) is 3.22. The first-order valence-electron chi connectivity index (χ1n) is 5.87. The Morgan fingerprint density at radius 1 is 1.44 bits per heavy atom. The molecular formula is C13H14F3NO. The van der Waals surface area contributed by atoms with Crippen LogP contribution < -0.4 is 4.90 Å². The van der Waals surface area contributed by atoms with Gasteiger partial charge in [-0.2, -0.15) is 13.2 Å². The summed E-state index contributed by atoms with van der Waals surface area (Å²) in [6.07, 6.45) is -3.53. The molecule has 1 aliphatic heterocycles. The van der Waals surface area contributed by atoms with Crippen molar-refractivity contribution < 1.29 is 18.0 Å². The summed E-state index contributed by atoms with van der Waals surface area (Å²) in [4.78, 5) is 12.5. The van der Waals surface area contributed by atoms with E-state index in [1.54, 1.807) is 6.07 Å². The fourth-order valence-corrected chi connectivity index (χ4v) is 2.57. The number of benzene rings is 1. The normalized spacial score (nSPS) is 18.9. The molecule has 5 heteroatoms. The van der Waals surface area contributed by atoms with Crippen LogP contribution in [-0.2, 0) is 11.0 Å². The third kappa shape index (κ3) is 2.09. The highest BCUT2D eigenvalue weighted by atomic mass is 19.4. The first-order valence-corrected chi connectivity index (χ1v) is 5.87. The Kier molecular flexibility index (Phi) is 3.32. The van der Waals surface area contributed by atoms with Gasteiger partial charge in [0, 0.05) is 31.1 Å². The standard InChI is InChI=1S/C13H14F3NO/c1-2-17-8-9(6-7-18)12-10(13(14,15)16)4-3-5-11(12)17/h3-5,7,9H,2,6,8H2,1H3. The van der Waals surface area contributed by atoms with Gasteiger partial charge in [-0.1, -0.05) is 6.07 Å². The molecule has 2 nitrogen and oxygen atoms in total. The van der Waals surface area contributed by atoms with Crippen molar-refractivity contribution in [1.29, 1.82) is 0 Å². The molecule has 0 saturated carbocycles. The fraction of sp³-hybridized carbons (Fsp3) is 0.462. The molecule has 1 atom stereocenters. The minimum Gasteiger partial charge on any atom is -0.371 e. The van der Waals surface area contributed by atoms with Crippen LogP contribution in [-0.4, -0.2) is 19.4 Å². The minimum atomic E-state index is -4.36. The number of alkyl halides is 3. The van der Waals surface area contributed by atoms with Crippen LogP contribution in [0.2, 0.25) is 0 Å². The topological polar surface area (TPSA) is 20.3 Å². The highest BCUT2D eigenvalue weighted by Crippen LogP contribution is 2.45. The Hall–Kier alpha value is -1.52. The summed E-state index contributed by atoms with van der Waals surface area (Å²) >= 11 is 0. The van der Waals surface area contributed by atoms with Gasteiger partial charge in [-0.05, 0) is 24.6 Å². The Balaban J connectivity index is 2.54. The summed E-state index contributed by atoms with van der Waals surface area (Å²) < 4.78 is 38.9. The maximum Gasteiger partial charge on any atom is 0.416 e. The van der Waals surface area contributed by atoms with E-state index in [-0.39, 0.29) is 17.9 Å². The van der Waals surface area contributed by atoms with E-state index in [1.807, 2.05) is 11.8 Å². The number of carbonyl (C=O) groups excluding carboxylic acids is 1. The summed E-state index contributed by atoms with van der Waals surface area (Å²) in [6, 6.07) is 4.21. The third-order valence-electron chi connectivity index (χ3n) is 3.34. The smallest absolute Gasteiger partial charge is 0.371 e. The molecule has 1 aliphatic rings. The second-order valence-electron chi connectivity index (χ2n) is 4.37. The number of halogens is 3. The summed E-state index contributed by atoms with van der Waals surface area (Å²) in [5.74, 6) is -0.352. The number of aldehydes is 1. The SMILES string of the molecule is CCN1CC(CC=O)c2c1cccc2C(F)(F)F. The van der Waals surface area contributed by atoms with E-state index in [9.17, 15) is 18.0 Å². The lowest BCUT2D eigenvalue weighted by molar-refractivity contribution is -0.138. The van der Waals surface area contributed by atoms with E-state index < -0.39 is 11.7 Å². The van der Waals surface area contributed by atoms with Crippen LogP contribution in [0, 0.1) is 0 Å². The molecule has 1 aromatic rings. The highest BCUT2D eigenvalue weighted by molar-refractivity contribution is 5.66. The average Bonchev–Trinajstić information content (AvgIpc) is 2.67. The molecule has 1 heterocycles.